The number of aromatic nitrogens is 1. The van der Waals surface area contributed by atoms with Crippen LogP contribution in [-0.4, -0.2) is 46.9 Å². The zero-order valence-electron chi connectivity index (χ0n) is 15.6. The van der Waals surface area contributed by atoms with Gasteiger partial charge in [0, 0.05) is 13.0 Å². The van der Waals surface area contributed by atoms with E-state index in [1.807, 2.05) is 4.90 Å². The number of nitrogens with zero attached hydrogens (tertiary/aromatic N) is 3. The molecule has 0 spiro atoms. The lowest BCUT2D eigenvalue weighted by Gasteiger charge is -2.34. The van der Waals surface area contributed by atoms with Crippen LogP contribution < -0.4 is 0 Å². The summed E-state index contributed by atoms with van der Waals surface area (Å²) in [4.78, 5) is 21.5. The van der Waals surface area contributed by atoms with Crippen molar-refractivity contribution in [3.8, 4) is 0 Å². The molecule has 1 aromatic heterocycles. The number of amides is 1. The Kier molecular flexibility index (Phi) is 5.53. The molecule has 0 radical (unpaired) electrons. The number of halogens is 1. The van der Waals surface area contributed by atoms with Crippen LogP contribution in [0.5, 0.6) is 0 Å². The smallest absolute Gasteiger partial charge is 0.237 e. The maximum atomic E-state index is 13.1. The molecular weight excluding hydrogens is 345 g/mol. The zero-order valence-corrected chi connectivity index (χ0v) is 15.6. The predicted octanol–water partition coefficient (Wildman–Crippen LogP) is 3.55. The molecule has 2 aliphatic rings. The first-order chi connectivity index (χ1) is 13.2. The standard InChI is InChI=1S/C21H26FN3O2/c22-17-8-6-16(7-9-17)13-18-14-23-21(27-18)19-5-1-2-12-25(19)20(26)15-24-10-3-4-11-24/h6-9,14,19H,1-5,10-13,15H2/t19-/m0/s1. The van der Waals surface area contributed by atoms with Crippen LogP contribution in [0.1, 0.15) is 55.4 Å². The number of piperidine rings is 1. The Hall–Kier alpha value is -2.21. The van der Waals surface area contributed by atoms with Crippen molar-refractivity contribution in [2.45, 2.75) is 44.6 Å². The minimum atomic E-state index is -0.244. The summed E-state index contributed by atoms with van der Waals surface area (Å²) >= 11 is 0. The monoisotopic (exact) mass is 371 g/mol. The van der Waals surface area contributed by atoms with E-state index in [4.69, 9.17) is 4.42 Å². The third-order valence-corrected chi connectivity index (χ3v) is 5.53. The lowest BCUT2D eigenvalue weighted by Crippen LogP contribution is -2.43. The van der Waals surface area contributed by atoms with Crippen LogP contribution in [0.3, 0.4) is 0 Å². The highest BCUT2D eigenvalue weighted by Crippen LogP contribution is 2.31. The van der Waals surface area contributed by atoms with Gasteiger partial charge in [0.25, 0.3) is 0 Å². The highest BCUT2D eigenvalue weighted by atomic mass is 19.1. The average molecular weight is 371 g/mol. The maximum absolute atomic E-state index is 13.1. The van der Waals surface area contributed by atoms with E-state index in [9.17, 15) is 9.18 Å². The van der Waals surface area contributed by atoms with E-state index in [0.717, 1.165) is 50.2 Å². The number of likely N-dealkylation sites (tertiary alicyclic amines) is 2. The number of benzene rings is 1. The first-order valence-electron chi connectivity index (χ1n) is 9.90. The van der Waals surface area contributed by atoms with Gasteiger partial charge in [0.2, 0.25) is 11.8 Å². The highest BCUT2D eigenvalue weighted by molar-refractivity contribution is 5.78. The summed E-state index contributed by atoms with van der Waals surface area (Å²) in [6.07, 6.45) is 7.67. The Bertz CT molecular complexity index is 768. The molecule has 3 heterocycles. The second-order valence-corrected chi connectivity index (χ2v) is 7.55. The topological polar surface area (TPSA) is 49.6 Å². The van der Waals surface area contributed by atoms with Crippen LogP contribution in [0.25, 0.3) is 0 Å². The highest BCUT2D eigenvalue weighted by Gasteiger charge is 2.32. The molecule has 0 unspecified atom stereocenters. The van der Waals surface area contributed by atoms with Gasteiger partial charge in [-0.05, 0) is 62.9 Å². The van der Waals surface area contributed by atoms with Gasteiger partial charge in [-0.1, -0.05) is 12.1 Å². The van der Waals surface area contributed by atoms with Crippen molar-refractivity contribution in [1.29, 1.82) is 0 Å². The molecule has 0 saturated carbocycles. The molecule has 0 aliphatic carbocycles. The van der Waals surface area contributed by atoms with E-state index >= 15 is 0 Å². The van der Waals surface area contributed by atoms with Gasteiger partial charge in [-0.15, -0.1) is 0 Å². The summed E-state index contributed by atoms with van der Waals surface area (Å²) in [7, 11) is 0. The number of oxazole rings is 1. The third-order valence-electron chi connectivity index (χ3n) is 5.53. The lowest BCUT2D eigenvalue weighted by atomic mass is 10.0. The molecule has 2 aromatic rings. The number of hydrogen-bond acceptors (Lipinski definition) is 4. The van der Waals surface area contributed by atoms with Gasteiger partial charge in [0.15, 0.2) is 0 Å². The van der Waals surface area contributed by atoms with Gasteiger partial charge < -0.3 is 9.32 Å². The Morgan fingerprint density at radius 2 is 1.85 bits per heavy atom. The van der Waals surface area contributed by atoms with E-state index in [0.29, 0.717) is 18.9 Å². The molecule has 6 heteroatoms. The van der Waals surface area contributed by atoms with E-state index in [1.54, 1.807) is 18.3 Å². The molecule has 2 fully saturated rings. The van der Waals surface area contributed by atoms with Crippen molar-refractivity contribution < 1.29 is 13.6 Å². The Labute approximate surface area is 159 Å². The minimum absolute atomic E-state index is 0.0733. The second-order valence-electron chi connectivity index (χ2n) is 7.55. The fraction of sp³-hybridized carbons (Fsp3) is 0.524. The van der Waals surface area contributed by atoms with Gasteiger partial charge in [-0.25, -0.2) is 9.37 Å². The Morgan fingerprint density at radius 1 is 1.11 bits per heavy atom. The molecule has 0 bridgehead atoms. The number of carbonyl (C=O) groups excluding carboxylic acids is 1. The molecule has 144 valence electrons. The van der Waals surface area contributed by atoms with Crippen LogP contribution in [0.2, 0.25) is 0 Å². The van der Waals surface area contributed by atoms with Crippen molar-refractivity contribution in [2.75, 3.05) is 26.2 Å². The Morgan fingerprint density at radius 3 is 2.63 bits per heavy atom. The van der Waals surface area contributed by atoms with Gasteiger partial charge in [-0.2, -0.15) is 0 Å². The molecule has 27 heavy (non-hydrogen) atoms. The van der Waals surface area contributed by atoms with Crippen LogP contribution >= 0.6 is 0 Å². The number of rotatable bonds is 5. The summed E-state index contributed by atoms with van der Waals surface area (Å²) in [6.45, 7) is 3.31. The fourth-order valence-corrected chi connectivity index (χ4v) is 4.07. The van der Waals surface area contributed by atoms with Gasteiger partial charge in [-0.3, -0.25) is 9.69 Å². The molecule has 5 nitrogen and oxygen atoms in total. The largest absolute Gasteiger partial charge is 0.443 e. The fourth-order valence-electron chi connectivity index (χ4n) is 4.07. The van der Waals surface area contributed by atoms with Crippen LogP contribution in [-0.2, 0) is 11.2 Å². The Balaban J connectivity index is 1.44. The minimum Gasteiger partial charge on any atom is -0.443 e. The van der Waals surface area contributed by atoms with Crippen LogP contribution in [0.15, 0.2) is 34.9 Å². The third kappa shape index (κ3) is 4.38. The number of hydrogen-bond donors (Lipinski definition) is 0. The molecule has 0 N–H and O–H groups in total. The molecule has 2 aliphatic heterocycles. The summed E-state index contributed by atoms with van der Waals surface area (Å²) < 4.78 is 19.1. The van der Waals surface area contributed by atoms with Crippen molar-refractivity contribution >= 4 is 5.91 Å². The first-order valence-corrected chi connectivity index (χ1v) is 9.90. The molecule has 4 rings (SSSR count). The number of carbonyl (C=O) groups is 1. The molecule has 1 atom stereocenters. The van der Waals surface area contributed by atoms with Crippen LogP contribution in [0.4, 0.5) is 4.39 Å². The van der Waals surface area contributed by atoms with Crippen LogP contribution in [0, 0.1) is 5.82 Å². The SMILES string of the molecule is O=C(CN1CCCC1)N1CCCC[C@H]1c1ncc(Cc2ccc(F)cc2)o1. The van der Waals surface area contributed by atoms with E-state index in [2.05, 4.69) is 9.88 Å². The van der Waals surface area contributed by atoms with Crippen molar-refractivity contribution in [1.82, 2.24) is 14.8 Å². The summed E-state index contributed by atoms with van der Waals surface area (Å²) in [6, 6.07) is 6.34. The normalized spacial score (nSPS) is 20.9. The molecule has 2 saturated heterocycles. The maximum Gasteiger partial charge on any atom is 0.237 e. The summed E-state index contributed by atoms with van der Waals surface area (Å²) in [5, 5.41) is 0. The first kappa shape index (κ1) is 18.2. The van der Waals surface area contributed by atoms with E-state index in [1.165, 1.54) is 25.0 Å². The zero-order chi connectivity index (χ0) is 18.6. The van der Waals surface area contributed by atoms with Crippen molar-refractivity contribution in [3.05, 3.63) is 53.5 Å². The average Bonchev–Trinajstić information content (AvgIpc) is 3.36. The molecule has 1 amide bonds. The van der Waals surface area contributed by atoms with Crippen molar-refractivity contribution in [2.24, 2.45) is 0 Å². The van der Waals surface area contributed by atoms with Crippen molar-refractivity contribution in [3.63, 3.8) is 0 Å². The molecular formula is C21H26FN3O2. The lowest BCUT2D eigenvalue weighted by molar-refractivity contribution is -0.136. The quantitative estimate of drug-likeness (QED) is 0.806. The summed E-state index contributed by atoms with van der Waals surface area (Å²) in [5.41, 5.74) is 0.977. The van der Waals surface area contributed by atoms with Gasteiger partial charge in [0.05, 0.1) is 12.7 Å². The predicted molar refractivity (Wildman–Crippen MR) is 99.7 cm³/mol. The second kappa shape index (κ2) is 8.21. The van der Waals surface area contributed by atoms with E-state index in [-0.39, 0.29) is 17.8 Å². The molecule has 1 aromatic carbocycles. The van der Waals surface area contributed by atoms with Gasteiger partial charge >= 0.3 is 0 Å². The van der Waals surface area contributed by atoms with Gasteiger partial charge in [0.1, 0.15) is 17.6 Å². The van der Waals surface area contributed by atoms with E-state index < -0.39 is 0 Å². The summed E-state index contributed by atoms with van der Waals surface area (Å²) in [5.74, 6) is 1.31.